The Bertz CT molecular complexity index is 211. The van der Waals surface area contributed by atoms with Crippen LogP contribution in [0.3, 0.4) is 0 Å². The molecule has 6 atom stereocenters. The second kappa shape index (κ2) is 0.461. The van der Waals surface area contributed by atoms with E-state index in [4.69, 9.17) is 0 Å². The van der Waals surface area contributed by atoms with Gasteiger partial charge in [-0.1, -0.05) is 0 Å². The van der Waals surface area contributed by atoms with Crippen LogP contribution in [0, 0.1) is 11.8 Å². The summed E-state index contributed by atoms with van der Waals surface area (Å²) < 4.78 is 0. The van der Waals surface area contributed by atoms with Crippen LogP contribution in [0.5, 0.6) is 0 Å². The van der Waals surface area contributed by atoms with E-state index in [9.17, 15) is 0 Å². The van der Waals surface area contributed by atoms with Crippen LogP contribution in [0.25, 0.3) is 0 Å². The van der Waals surface area contributed by atoms with Gasteiger partial charge in [-0.25, -0.2) is 10.0 Å². The van der Waals surface area contributed by atoms with Gasteiger partial charge in [-0.3, -0.25) is 0 Å². The molecule has 1 heteroatoms. The Kier molecular flexibility index (Phi) is 0.170. The van der Waals surface area contributed by atoms with Crippen LogP contribution < -0.4 is 0 Å². The Morgan fingerprint density at radius 2 is 1.50 bits per heavy atom. The third kappa shape index (κ3) is 0.0924. The quantitative estimate of drug-likeness (QED) is 0.422. The molecule has 0 radical (unpaired) electrons. The summed E-state index contributed by atoms with van der Waals surface area (Å²) in [6.45, 7) is 0. The monoisotopic (exact) mass is 124 g/mol. The molecule has 0 aromatic rings. The zero-order valence-corrected chi connectivity index (χ0v) is 5.40. The predicted octanol–water partition coefficient (Wildman–Crippen LogP) is 0.956. The maximum absolute atomic E-state index is 1.68. The van der Waals surface area contributed by atoms with Crippen molar-refractivity contribution in [3.8, 4) is 0 Å². The molecule has 5 rings (SSSR count). The predicted molar refractivity (Wildman–Crippen MR) is 34.3 cm³/mol. The molecule has 0 amide bonds. The summed E-state index contributed by atoms with van der Waals surface area (Å²) in [6, 6.07) is 0. The summed E-state index contributed by atoms with van der Waals surface area (Å²) in [5.74, 6) is 2.68. The Balaban J connectivity index is 2.00. The van der Waals surface area contributed by atoms with Crippen LogP contribution in [0.15, 0.2) is 0 Å². The number of hydrogen-bond donors (Lipinski definition) is 0. The Labute approximate surface area is 50.0 Å². The van der Waals surface area contributed by atoms with Crippen molar-refractivity contribution in [1.82, 2.24) is 0 Å². The fourth-order valence-electron chi connectivity index (χ4n) is 3.97. The van der Waals surface area contributed by atoms with E-state index in [1.165, 1.54) is 32.8 Å². The molecule has 4 saturated heterocycles. The van der Waals surface area contributed by atoms with E-state index < -0.39 is 0 Å². The smallest absolute Gasteiger partial charge is 0.0120 e. The number of fused-ring (bicyclic) bond motifs is 6. The van der Waals surface area contributed by atoms with Crippen molar-refractivity contribution in [2.75, 3.05) is 0 Å². The van der Waals surface area contributed by atoms with Crippen LogP contribution in [-0.4, -0.2) is 21.0 Å². The fraction of sp³-hybridized carbons (Fsp3) is 1.00. The second-order valence-corrected chi connectivity index (χ2v) is 8.05. The molecular formula is C7H8S. The average molecular weight is 124 g/mol. The summed E-state index contributed by atoms with van der Waals surface area (Å²) in [4.78, 5) is 0. The third-order valence-corrected chi connectivity index (χ3v) is 9.65. The number of rotatable bonds is 0. The maximum atomic E-state index is 1.68. The van der Waals surface area contributed by atoms with Gasteiger partial charge < -0.3 is 0 Å². The highest BCUT2D eigenvalue weighted by Crippen LogP contribution is 3.20. The van der Waals surface area contributed by atoms with Crippen LogP contribution in [-0.2, 0) is 0 Å². The van der Waals surface area contributed by atoms with E-state index in [0.717, 1.165) is 0 Å². The molecule has 0 aromatic carbocycles. The largest absolute Gasteiger partial charge is 0.223 e. The highest BCUT2D eigenvalue weighted by atomic mass is 32.3. The molecule has 1 spiro atoms. The van der Waals surface area contributed by atoms with Gasteiger partial charge >= 0.3 is 0 Å². The molecule has 4 aliphatic heterocycles. The lowest BCUT2D eigenvalue weighted by Crippen LogP contribution is -2.14. The minimum Gasteiger partial charge on any atom is -0.223 e. The molecule has 0 aromatic heterocycles. The topological polar surface area (TPSA) is 0 Å². The first-order chi connectivity index (χ1) is 3.97. The molecule has 6 unspecified atom stereocenters. The molecule has 1 saturated carbocycles. The summed E-state index contributed by atoms with van der Waals surface area (Å²) in [5.41, 5.74) is 0. The van der Waals surface area contributed by atoms with Crippen LogP contribution in [0.1, 0.15) is 6.42 Å². The standard InChI is InChI=1S/C7H8S/c1-2-3(1)5-7-6-4(2)8(5,6)7/h2-7H,1H2. The summed E-state index contributed by atoms with van der Waals surface area (Å²) in [7, 11) is 0.371. The molecule has 0 N–H and O–H groups in total. The highest BCUT2D eigenvalue weighted by Gasteiger charge is 3.08. The van der Waals surface area contributed by atoms with Gasteiger partial charge in [0, 0.05) is 21.0 Å². The molecule has 0 nitrogen and oxygen atoms in total. The minimum absolute atomic E-state index is 0.371. The lowest BCUT2D eigenvalue weighted by atomic mass is 10.0. The SMILES string of the molecule is C1C2C1C1C3C4C2S143. The zero-order chi connectivity index (χ0) is 4.67. The van der Waals surface area contributed by atoms with Gasteiger partial charge in [-0.05, 0) is 18.3 Å². The third-order valence-electron chi connectivity index (χ3n) is 4.36. The molecule has 8 heavy (non-hydrogen) atoms. The summed E-state index contributed by atoms with van der Waals surface area (Å²) in [5, 5.41) is 5.69. The van der Waals surface area contributed by atoms with E-state index in [1.54, 1.807) is 6.42 Å². The Morgan fingerprint density at radius 1 is 0.875 bits per heavy atom. The number of hydrogen-bond acceptors (Lipinski definition) is 0. The van der Waals surface area contributed by atoms with Crippen LogP contribution in [0.4, 0.5) is 0 Å². The summed E-state index contributed by atoms with van der Waals surface area (Å²) >= 11 is 0. The molecule has 0 bridgehead atoms. The summed E-state index contributed by atoms with van der Waals surface area (Å²) in [6.07, 6.45) is 1.68. The molecule has 42 valence electrons. The van der Waals surface area contributed by atoms with Crippen molar-refractivity contribution >= 4 is 10.0 Å². The minimum atomic E-state index is 0.371. The molecule has 5 fully saturated rings. The van der Waals surface area contributed by atoms with E-state index in [-0.39, 0.29) is 0 Å². The van der Waals surface area contributed by atoms with Crippen molar-refractivity contribution < 1.29 is 0 Å². The fourth-order valence-corrected chi connectivity index (χ4v) is 10.9. The van der Waals surface area contributed by atoms with Gasteiger partial charge in [0.05, 0.1) is 0 Å². The van der Waals surface area contributed by atoms with Crippen molar-refractivity contribution in [3.63, 3.8) is 0 Å². The second-order valence-electron chi connectivity index (χ2n) is 4.24. The van der Waals surface area contributed by atoms with Gasteiger partial charge in [0.2, 0.25) is 0 Å². The first-order valence-electron chi connectivity index (χ1n) is 3.76. The Morgan fingerprint density at radius 3 is 1.88 bits per heavy atom. The van der Waals surface area contributed by atoms with E-state index in [2.05, 4.69) is 0 Å². The molecule has 5 aliphatic rings. The van der Waals surface area contributed by atoms with Crippen molar-refractivity contribution in [2.45, 2.75) is 27.4 Å². The normalized spacial score (nSPS) is 116. The van der Waals surface area contributed by atoms with Gasteiger partial charge in [0.25, 0.3) is 0 Å². The van der Waals surface area contributed by atoms with E-state index in [1.807, 2.05) is 0 Å². The van der Waals surface area contributed by atoms with Crippen LogP contribution in [0.2, 0.25) is 0 Å². The van der Waals surface area contributed by atoms with E-state index >= 15 is 0 Å². The zero-order valence-electron chi connectivity index (χ0n) is 4.58. The van der Waals surface area contributed by atoms with Gasteiger partial charge in [-0.2, -0.15) is 0 Å². The van der Waals surface area contributed by atoms with Crippen molar-refractivity contribution in [1.29, 1.82) is 0 Å². The maximum Gasteiger partial charge on any atom is 0.0120 e. The first-order valence-corrected chi connectivity index (χ1v) is 5.64. The van der Waals surface area contributed by atoms with E-state index in [0.29, 0.717) is 10.0 Å². The van der Waals surface area contributed by atoms with Gasteiger partial charge in [0.15, 0.2) is 0 Å². The Hall–Kier alpha value is 0.350. The van der Waals surface area contributed by atoms with Gasteiger partial charge in [-0.15, -0.1) is 0 Å². The van der Waals surface area contributed by atoms with Gasteiger partial charge in [0.1, 0.15) is 0 Å². The van der Waals surface area contributed by atoms with Crippen molar-refractivity contribution in [2.24, 2.45) is 11.8 Å². The average Bonchev–Trinajstić information content (AvgIpc) is 2.59. The van der Waals surface area contributed by atoms with Crippen molar-refractivity contribution in [3.05, 3.63) is 0 Å². The lowest BCUT2D eigenvalue weighted by molar-refractivity contribution is 0.615. The highest BCUT2D eigenvalue weighted by molar-refractivity contribution is 8.55. The first kappa shape index (κ1) is 2.96. The van der Waals surface area contributed by atoms with Crippen LogP contribution >= 0.6 is 10.0 Å². The molecular weight excluding hydrogens is 116 g/mol. The lowest BCUT2D eigenvalue weighted by Gasteiger charge is -2.00. The molecule has 1 aliphatic carbocycles. The molecule has 4 heterocycles.